The lowest BCUT2D eigenvalue weighted by atomic mass is 10.2. The van der Waals surface area contributed by atoms with E-state index in [1.165, 1.54) is 18.4 Å². The van der Waals surface area contributed by atoms with Gasteiger partial charge in [0.2, 0.25) is 5.95 Å². The second kappa shape index (κ2) is 5.05. The maximum atomic E-state index is 5.96. The van der Waals surface area contributed by atoms with E-state index in [-0.39, 0.29) is 5.95 Å². The Morgan fingerprint density at radius 1 is 1.21 bits per heavy atom. The molecule has 1 fully saturated rings. The normalized spacial score (nSPS) is 14.4. The van der Waals surface area contributed by atoms with Crippen LogP contribution in [0.4, 0.5) is 11.8 Å². The Bertz CT molecular complexity index is 549. The number of anilines is 2. The maximum absolute atomic E-state index is 5.96. The first-order chi connectivity index (χ1) is 9.22. The highest BCUT2D eigenvalue weighted by Crippen LogP contribution is 2.33. The largest absolute Gasteiger partial charge is 0.368 e. The molecule has 3 rings (SSSR count). The molecule has 1 heterocycles. The number of aromatic nitrogens is 2. The van der Waals surface area contributed by atoms with Crippen molar-refractivity contribution < 1.29 is 0 Å². The Balaban J connectivity index is 1.88. The van der Waals surface area contributed by atoms with Crippen molar-refractivity contribution in [1.82, 2.24) is 9.97 Å². The van der Waals surface area contributed by atoms with E-state index in [1.54, 1.807) is 6.07 Å². The summed E-state index contributed by atoms with van der Waals surface area (Å²) in [6.45, 7) is 0.818. The highest BCUT2D eigenvalue weighted by atomic mass is 35.5. The Kier molecular flexibility index (Phi) is 3.25. The molecule has 1 aromatic carbocycles. The van der Waals surface area contributed by atoms with Crippen LogP contribution in [0, 0.1) is 0 Å². The van der Waals surface area contributed by atoms with Crippen LogP contribution in [0.15, 0.2) is 36.4 Å². The first kappa shape index (κ1) is 12.2. The number of nitrogens with zero attached hydrogens (tertiary/aromatic N) is 3. The summed E-state index contributed by atoms with van der Waals surface area (Å²) < 4.78 is 0. The van der Waals surface area contributed by atoms with Crippen LogP contribution in [0.3, 0.4) is 0 Å². The Morgan fingerprint density at radius 2 is 1.95 bits per heavy atom. The topological polar surface area (TPSA) is 55.0 Å². The third kappa shape index (κ3) is 2.96. The molecule has 0 amide bonds. The lowest BCUT2D eigenvalue weighted by Crippen LogP contribution is -2.26. The van der Waals surface area contributed by atoms with Gasteiger partial charge in [-0.2, -0.15) is 4.98 Å². The smallest absolute Gasteiger partial charge is 0.223 e. The van der Waals surface area contributed by atoms with E-state index in [2.05, 4.69) is 27.0 Å². The number of hydrogen-bond acceptors (Lipinski definition) is 4. The minimum Gasteiger partial charge on any atom is -0.368 e. The van der Waals surface area contributed by atoms with Gasteiger partial charge in [-0.05, 0) is 18.4 Å². The summed E-state index contributed by atoms with van der Waals surface area (Å²) in [7, 11) is 0. The number of hydrogen-bond donors (Lipinski definition) is 1. The standard InChI is InChI=1S/C14H15ClN4/c15-12-8-13(18-14(16)17-12)19(11-6-7-11)9-10-4-2-1-3-5-10/h1-5,8,11H,6-7,9H2,(H2,16,17,18). The molecule has 98 valence electrons. The average molecular weight is 275 g/mol. The van der Waals surface area contributed by atoms with Crippen molar-refractivity contribution in [3.8, 4) is 0 Å². The Morgan fingerprint density at radius 3 is 2.58 bits per heavy atom. The minimum absolute atomic E-state index is 0.223. The highest BCUT2D eigenvalue weighted by molar-refractivity contribution is 6.29. The van der Waals surface area contributed by atoms with Gasteiger partial charge in [0, 0.05) is 18.7 Å². The molecule has 0 unspecified atom stereocenters. The van der Waals surface area contributed by atoms with Crippen LogP contribution in [-0.2, 0) is 6.54 Å². The van der Waals surface area contributed by atoms with Crippen molar-refractivity contribution in [3.05, 3.63) is 47.1 Å². The molecule has 19 heavy (non-hydrogen) atoms. The molecule has 0 saturated heterocycles. The number of halogens is 1. The second-order valence-corrected chi connectivity index (χ2v) is 5.14. The lowest BCUT2D eigenvalue weighted by molar-refractivity contribution is 0.777. The Labute approximate surface area is 117 Å². The van der Waals surface area contributed by atoms with Gasteiger partial charge >= 0.3 is 0 Å². The monoisotopic (exact) mass is 274 g/mol. The molecule has 1 saturated carbocycles. The third-order valence-corrected chi connectivity index (χ3v) is 3.37. The van der Waals surface area contributed by atoms with Gasteiger partial charge in [-0.3, -0.25) is 0 Å². The molecule has 4 nitrogen and oxygen atoms in total. The minimum atomic E-state index is 0.223. The summed E-state index contributed by atoms with van der Waals surface area (Å²) in [6.07, 6.45) is 2.38. The van der Waals surface area contributed by atoms with Gasteiger partial charge in [0.1, 0.15) is 11.0 Å². The molecule has 0 aliphatic heterocycles. The second-order valence-electron chi connectivity index (χ2n) is 4.75. The molecule has 0 bridgehead atoms. The fraction of sp³-hybridized carbons (Fsp3) is 0.286. The van der Waals surface area contributed by atoms with E-state index in [0.717, 1.165) is 12.4 Å². The molecule has 1 aromatic heterocycles. The molecule has 2 aromatic rings. The van der Waals surface area contributed by atoms with Gasteiger partial charge in [-0.15, -0.1) is 0 Å². The van der Waals surface area contributed by atoms with Gasteiger partial charge in [-0.25, -0.2) is 4.98 Å². The number of benzene rings is 1. The van der Waals surface area contributed by atoms with Crippen LogP contribution < -0.4 is 10.6 Å². The number of nitrogen functional groups attached to an aromatic ring is 1. The summed E-state index contributed by atoms with van der Waals surface area (Å²) in [6, 6.07) is 12.6. The predicted molar refractivity (Wildman–Crippen MR) is 77.1 cm³/mol. The van der Waals surface area contributed by atoms with Gasteiger partial charge in [0.05, 0.1) is 0 Å². The molecule has 1 aliphatic carbocycles. The van der Waals surface area contributed by atoms with Crippen LogP contribution in [0.1, 0.15) is 18.4 Å². The maximum Gasteiger partial charge on any atom is 0.223 e. The highest BCUT2D eigenvalue weighted by Gasteiger charge is 2.30. The van der Waals surface area contributed by atoms with Crippen LogP contribution >= 0.6 is 11.6 Å². The average Bonchev–Trinajstić information content (AvgIpc) is 3.20. The molecule has 0 atom stereocenters. The van der Waals surface area contributed by atoms with Gasteiger partial charge in [0.25, 0.3) is 0 Å². The van der Waals surface area contributed by atoms with Crippen molar-refractivity contribution >= 4 is 23.4 Å². The summed E-state index contributed by atoms with van der Waals surface area (Å²) in [5.74, 6) is 1.03. The van der Waals surface area contributed by atoms with Gasteiger partial charge < -0.3 is 10.6 Å². The van der Waals surface area contributed by atoms with Crippen molar-refractivity contribution in [2.45, 2.75) is 25.4 Å². The first-order valence-corrected chi connectivity index (χ1v) is 6.71. The zero-order chi connectivity index (χ0) is 13.2. The van der Waals surface area contributed by atoms with E-state index in [4.69, 9.17) is 17.3 Å². The van der Waals surface area contributed by atoms with E-state index < -0.39 is 0 Å². The van der Waals surface area contributed by atoms with Crippen LogP contribution in [0.5, 0.6) is 0 Å². The first-order valence-electron chi connectivity index (χ1n) is 6.33. The molecule has 2 N–H and O–H groups in total. The van der Waals surface area contributed by atoms with Crippen molar-refractivity contribution in [1.29, 1.82) is 0 Å². The van der Waals surface area contributed by atoms with Crippen molar-refractivity contribution in [2.75, 3.05) is 10.6 Å². The van der Waals surface area contributed by atoms with Crippen LogP contribution in [0.25, 0.3) is 0 Å². The van der Waals surface area contributed by atoms with Crippen LogP contribution in [-0.4, -0.2) is 16.0 Å². The summed E-state index contributed by atoms with van der Waals surface area (Å²) in [5, 5.41) is 0.390. The molecule has 5 heteroatoms. The fourth-order valence-electron chi connectivity index (χ4n) is 2.13. The van der Waals surface area contributed by atoms with E-state index in [0.29, 0.717) is 11.2 Å². The van der Waals surface area contributed by atoms with Gasteiger partial charge in [0.15, 0.2) is 0 Å². The molecule has 0 spiro atoms. The molecule has 0 radical (unpaired) electrons. The van der Waals surface area contributed by atoms with E-state index in [1.807, 2.05) is 18.2 Å². The fourth-order valence-corrected chi connectivity index (χ4v) is 2.32. The van der Waals surface area contributed by atoms with Crippen LogP contribution in [0.2, 0.25) is 5.15 Å². The quantitative estimate of drug-likeness (QED) is 0.871. The molecular formula is C14H15ClN4. The number of nitrogens with two attached hydrogens (primary N) is 1. The summed E-state index contributed by atoms with van der Waals surface area (Å²) in [4.78, 5) is 10.5. The predicted octanol–water partition coefficient (Wildman–Crippen LogP) is 2.88. The third-order valence-electron chi connectivity index (χ3n) is 3.18. The van der Waals surface area contributed by atoms with E-state index >= 15 is 0 Å². The number of rotatable bonds is 4. The zero-order valence-corrected chi connectivity index (χ0v) is 11.2. The summed E-state index contributed by atoms with van der Waals surface area (Å²) in [5.41, 5.74) is 6.93. The van der Waals surface area contributed by atoms with Crippen molar-refractivity contribution in [3.63, 3.8) is 0 Å². The summed E-state index contributed by atoms with van der Waals surface area (Å²) >= 11 is 5.96. The zero-order valence-electron chi connectivity index (χ0n) is 10.5. The Hall–Kier alpha value is -1.81. The lowest BCUT2D eigenvalue weighted by Gasteiger charge is -2.23. The van der Waals surface area contributed by atoms with E-state index in [9.17, 15) is 0 Å². The molecule has 1 aliphatic rings. The van der Waals surface area contributed by atoms with Crippen molar-refractivity contribution in [2.24, 2.45) is 0 Å². The SMILES string of the molecule is Nc1nc(Cl)cc(N(Cc2ccccc2)C2CC2)n1. The molecular weight excluding hydrogens is 260 g/mol. The van der Waals surface area contributed by atoms with Gasteiger partial charge in [-0.1, -0.05) is 41.9 Å².